The highest BCUT2D eigenvalue weighted by atomic mass is 19.3. The molecule has 0 aromatic carbocycles. The van der Waals surface area contributed by atoms with Crippen molar-refractivity contribution in [3.05, 3.63) is 23.2 Å². The molecular weight excluding hydrogens is 188 g/mol. The number of hydrogen-bond acceptors (Lipinski definition) is 2. The van der Waals surface area contributed by atoms with Crippen LogP contribution in [0.1, 0.15) is 36.5 Å². The van der Waals surface area contributed by atoms with E-state index in [-0.39, 0.29) is 6.42 Å². The fourth-order valence-electron chi connectivity index (χ4n) is 1.51. The van der Waals surface area contributed by atoms with E-state index in [1.165, 1.54) is 0 Å². The first kappa shape index (κ1) is 11.2. The van der Waals surface area contributed by atoms with Crippen LogP contribution in [0.3, 0.4) is 0 Å². The number of furan rings is 1. The van der Waals surface area contributed by atoms with Gasteiger partial charge in [0.25, 0.3) is 0 Å². The minimum absolute atomic E-state index is 0.354. The Bertz CT molecular complexity index is 314. The quantitative estimate of drug-likeness (QED) is 0.820. The van der Waals surface area contributed by atoms with Gasteiger partial charge in [-0.2, -0.15) is 0 Å². The summed E-state index contributed by atoms with van der Waals surface area (Å²) in [6, 6.07) is 1.05. The highest BCUT2D eigenvalue weighted by Gasteiger charge is 2.27. The molecule has 1 aromatic rings. The van der Waals surface area contributed by atoms with Gasteiger partial charge in [-0.1, -0.05) is 0 Å². The van der Waals surface area contributed by atoms with E-state index in [2.05, 4.69) is 0 Å². The third-order valence-electron chi connectivity index (χ3n) is 2.06. The molecule has 0 saturated carbocycles. The fourth-order valence-corrected chi connectivity index (χ4v) is 1.51. The van der Waals surface area contributed by atoms with Crippen molar-refractivity contribution in [1.29, 1.82) is 0 Å². The van der Waals surface area contributed by atoms with Crippen molar-refractivity contribution in [3.8, 4) is 0 Å². The topological polar surface area (TPSA) is 39.2 Å². The Kier molecular flexibility index (Phi) is 2.95. The first-order valence-electron chi connectivity index (χ1n) is 4.50. The Balaban J connectivity index is 2.79. The molecule has 2 nitrogen and oxygen atoms in total. The van der Waals surface area contributed by atoms with Gasteiger partial charge in [-0.3, -0.25) is 0 Å². The monoisotopic (exact) mass is 203 g/mol. The third kappa shape index (κ3) is 2.80. The average Bonchev–Trinajstić information content (AvgIpc) is 2.26. The smallest absolute Gasteiger partial charge is 0.247 e. The molecule has 0 aliphatic carbocycles. The van der Waals surface area contributed by atoms with E-state index >= 15 is 0 Å². The molecule has 2 N–H and O–H groups in total. The molecule has 0 saturated heterocycles. The maximum absolute atomic E-state index is 12.7. The second-order valence-corrected chi connectivity index (χ2v) is 3.75. The summed E-state index contributed by atoms with van der Waals surface area (Å²) in [5, 5.41) is 0. The molecule has 0 spiro atoms. The number of aryl methyl sites for hydroxylation is 2. The van der Waals surface area contributed by atoms with Gasteiger partial charge in [0.2, 0.25) is 5.92 Å². The zero-order valence-electron chi connectivity index (χ0n) is 8.60. The summed E-state index contributed by atoms with van der Waals surface area (Å²) in [6.45, 7) is 4.37. The lowest BCUT2D eigenvalue weighted by Gasteiger charge is -2.15. The van der Waals surface area contributed by atoms with Crippen molar-refractivity contribution in [2.75, 3.05) is 0 Å². The Labute approximate surface area is 82.1 Å². The molecule has 0 fully saturated rings. The zero-order valence-corrected chi connectivity index (χ0v) is 8.60. The number of halogens is 2. The molecule has 1 heterocycles. The molecule has 1 aromatic heterocycles. The normalized spacial score (nSPS) is 14.4. The van der Waals surface area contributed by atoms with Gasteiger partial charge in [0.05, 0.1) is 0 Å². The van der Waals surface area contributed by atoms with Crippen LogP contribution in [0.2, 0.25) is 0 Å². The highest BCUT2D eigenvalue weighted by Crippen LogP contribution is 2.29. The molecule has 1 rings (SSSR count). The number of alkyl halides is 2. The van der Waals surface area contributed by atoms with E-state index in [0.29, 0.717) is 17.1 Å². The lowest BCUT2D eigenvalue weighted by molar-refractivity contribution is 0.00607. The molecule has 0 aliphatic heterocycles. The first-order chi connectivity index (χ1) is 6.29. The molecular formula is C10H15F2NO. The van der Waals surface area contributed by atoms with Crippen LogP contribution in [0, 0.1) is 13.8 Å². The lowest BCUT2D eigenvalue weighted by Crippen LogP contribution is -2.21. The Hall–Kier alpha value is -0.900. The van der Waals surface area contributed by atoms with Crippen molar-refractivity contribution in [2.24, 2.45) is 5.73 Å². The van der Waals surface area contributed by atoms with Gasteiger partial charge in [0, 0.05) is 18.0 Å². The summed E-state index contributed by atoms with van der Waals surface area (Å²) in [6.07, 6.45) is -0.354. The highest BCUT2D eigenvalue weighted by molar-refractivity contribution is 5.23. The molecule has 1 atom stereocenters. The standard InChI is InChI=1S/C10H15F2NO/c1-6-4-8(7(2)14-6)9(13)5-10(3,11)12/h4,9H,5,13H2,1-3H3. The summed E-state index contributed by atoms with van der Waals surface area (Å²) in [7, 11) is 0. The van der Waals surface area contributed by atoms with E-state index in [1.54, 1.807) is 19.9 Å². The van der Waals surface area contributed by atoms with Crippen LogP contribution in [0.15, 0.2) is 10.5 Å². The minimum Gasteiger partial charge on any atom is -0.466 e. The van der Waals surface area contributed by atoms with Crippen molar-refractivity contribution in [3.63, 3.8) is 0 Å². The molecule has 4 heteroatoms. The largest absolute Gasteiger partial charge is 0.466 e. The predicted molar refractivity (Wildman–Crippen MR) is 50.3 cm³/mol. The summed E-state index contributed by atoms with van der Waals surface area (Å²) in [5.41, 5.74) is 6.33. The average molecular weight is 203 g/mol. The Morgan fingerprint density at radius 1 is 1.50 bits per heavy atom. The van der Waals surface area contributed by atoms with Gasteiger partial charge >= 0.3 is 0 Å². The van der Waals surface area contributed by atoms with Gasteiger partial charge in [-0.15, -0.1) is 0 Å². The number of nitrogens with two attached hydrogens (primary N) is 1. The van der Waals surface area contributed by atoms with Gasteiger partial charge in [0.15, 0.2) is 0 Å². The molecule has 0 amide bonds. The summed E-state index contributed by atoms with van der Waals surface area (Å²) in [4.78, 5) is 0. The molecule has 1 unspecified atom stereocenters. The van der Waals surface area contributed by atoms with Gasteiger partial charge in [-0.05, 0) is 26.8 Å². The van der Waals surface area contributed by atoms with Crippen molar-refractivity contribution >= 4 is 0 Å². The maximum Gasteiger partial charge on any atom is 0.247 e. The molecule has 0 radical (unpaired) electrons. The van der Waals surface area contributed by atoms with E-state index in [1.807, 2.05) is 0 Å². The molecule has 80 valence electrons. The Morgan fingerprint density at radius 2 is 2.07 bits per heavy atom. The summed E-state index contributed by atoms with van der Waals surface area (Å²) < 4.78 is 30.6. The second-order valence-electron chi connectivity index (χ2n) is 3.75. The van der Waals surface area contributed by atoms with Crippen LogP contribution in [0.25, 0.3) is 0 Å². The van der Waals surface area contributed by atoms with E-state index < -0.39 is 12.0 Å². The Morgan fingerprint density at radius 3 is 2.43 bits per heavy atom. The van der Waals surface area contributed by atoms with E-state index in [4.69, 9.17) is 10.2 Å². The number of hydrogen-bond donors (Lipinski definition) is 1. The second kappa shape index (κ2) is 3.69. The summed E-state index contributed by atoms with van der Waals surface area (Å²) >= 11 is 0. The van der Waals surface area contributed by atoms with Gasteiger partial charge in [0.1, 0.15) is 11.5 Å². The molecule has 0 aliphatic rings. The van der Waals surface area contributed by atoms with Crippen LogP contribution in [-0.2, 0) is 0 Å². The maximum atomic E-state index is 12.7. The zero-order chi connectivity index (χ0) is 10.9. The van der Waals surface area contributed by atoms with Gasteiger partial charge < -0.3 is 10.2 Å². The predicted octanol–water partition coefficient (Wildman–Crippen LogP) is 2.94. The molecule has 14 heavy (non-hydrogen) atoms. The minimum atomic E-state index is -2.74. The summed E-state index contributed by atoms with van der Waals surface area (Å²) in [5.74, 6) is -1.41. The van der Waals surface area contributed by atoms with Crippen molar-refractivity contribution in [2.45, 2.75) is 39.2 Å². The fraction of sp³-hybridized carbons (Fsp3) is 0.600. The number of rotatable bonds is 3. The van der Waals surface area contributed by atoms with E-state index in [0.717, 1.165) is 6.92 Å². The van der Waals surface area contributed by atoms with Gasteiger partial charge in [-0.25, -0.2) is 8.78 Å². The molecule has 0 bridgehead atoms. The third-order valence-corrected chi connectivity index (χ3v) is 2.06. The SMILES string of the molecule is Cc1cc(C(N)CC(C)(F)F)c(C)o1. The van der Waals surface area contributed by atoms with Crippen LogP contribution in [0.5, 0.6) is 0 Å². The van der Waals surface area contributed by atoms with Crippen LogP contribution in [-0.4, -0.2) is 5.92 Å². The van der Waals surface area contributed by atoms with Crippen LogP contribution in [0.4, 0.5) is 8.78 Å². The van der Waals surface area contributed by atoms with Crippen LogP contribution < -0.4 is 5.73 Å². The van der Waals surface area contributed by atoms with Crippen LogP contribution >= 0.6 is 0 Å². The first-order valence-corrected chi connectivity index (χ1v) is 4.50. The van der Waals surface area contributed by atoms with E-state index in [9.17, 15) is 8.78 Å². The lowest BCUT2D eigenvalue weighted by atomic mass is 10.0. The van der Waals surface area contributed by atoms with Crippen molar-refractivity contribution in [1.82, 2.24) is 0 Å². The van der Waals surface area contributed by atoms with Crippen molar-refractivity contribution < 1.29 is 13.2 Å².